The summed E-state index contributed by atoms with van der Waals surface area (Å²) in [7, 11) is 3.68. The van der Waals surface area contributed by atoms with Gasteiger partial charge in [0.2, 0.25) is 5.91 Å². The number of aliphatic hydroxyl groups is 2. The Morgan fingerprint density at radius 1 is 1.02 bits per heavy atom. The van der Waals surface area contributed by atoms with E-state index in [9.17, 15) is 29.4 Å². The lowest BCUT2D eigenvalue weighted by atomic mass is 9.46. The highest BCUT2D eigenvalue weighted by Crippen LogP contribution is 2.69. The molecule has 1 aliphatic heterocycles. The van der Waals surface area contributed by atoms with E-state index in [0.717, 1.165) is 46.7 Å². The quantitative estimate of drug-likeness (QED) is 0.166. The molecule has 59 heavy (non-hydrogen) atoms. The predicted molar refractivity (Wildman–Crippen MR) is 217 cm³/mol. The number of anilines is 1. The Balaban J connectivity index is 0.743. The van der Waals surface area contributed by atoms with E-state index in [2.05, 4.69) is 24.1 Å². The van der Waals surface area contributed by atoms with E-state index in [1.54, 1.807) is 24.5 Å². The lowest BCUT2D eigenvalue weighted by Crippen LogP contribution is -2.61. The highest BCUT2D eigenvalue weighted by molar-refractivity contribution is 6.01. The normalized spacial score (nSPS) is 35.8. The Morgan fingerprint density at radius 2 is 1.78 bits per heavy atom. The van der Waals surface area contributed by atoms with Crippen LogP contribution in [0.1, 0.15) is 69.5 Å². The number of amides is 1. The van der Waals surface area contributed by atoms with Crippen LogP contribution in [0.3, 0.4) is 0 Å². The molecule has 9 rings (SSSR count). The van der Waals surface area contributed by atoms with Crippen LogP contribution in [0, 0.1) is 40.4 Å². The van der Waals surface area contributed by atoms with Crippen molar-refractivity contribution in [2.75, 3.05) is 26.0 Å². The van der Waals surface area contributed by atoms with Gasteiger partial charge in [-0.05, 0) is 111 Å². The summed E-state index contributed by atoms with van der Waals surface area (Å²) >= 11 is 0. The molecular weight excluding hydrogens is 751 g/mol. The van der Waals surface area contributed by atoms with Crippen LogP contribution in [0.25, 0.3) is 10.8 Å². The van der Waals surface area contributed by atoms with Crippen molar-refractivity contribution in [2.45, 2.75) is 88.9 Å². The monoisotopic (exact) mass is 803 g/mol. The maximum absolute atomic E-state index is 13.4. The number of ketones is 1. The third-order valence-electron chi connectivity index (χ3n) is 14.9. The van der Waals surface area contributed by atoms with Gasteiger partial charge in [0, 0.05) is 40.2 Å². The van der Waals surface area contributed by atoms with E-state index in [1.165, 1.54) is 0 Å². The fourth-order valence-corrected chi connectivity index (χ4v) is 11.6. The van der Waals surface area contributed by atoms with Crippen LogP contribution in [0.5, 0.6) is 0 Å². The molecule has 1 amide bonds. The van der Waals surface area contributed by atoms with Crippen molar-refractivity contribution in [2.24, 2.45) is 40.4 Å². The number of carbonyl (C=O) groups excluding carboxylic acids is 4. The van der Waals surface area contributed by atoms with E-state index in [4.69, 9.17) is 14.2 Å². The van der Waals surface area contributed by atoms with Crippen LogP contribution < -0.4 is 5.32 Å². The third-order valence-corrected chi connectivity index (χ3v) is 14.9. The van der Waals surface area contributed by atoms with E-state index >= 15 is 0 Å². The number of ether oxygens (including phenoxy) is 3. The summed E-state index contributed by atoms with van der Waals surface area (Å²) in [6.45, 7) is 4.24. The van der Waals surface area contributed by atoms with Gasteiger partial charge in [0.15, 0.2) is 5.78 Å². The Labute approximate surface area is 344 Å². The number of fused-ring (bicyclic) bond motifs is 6. The molecule has 1 aromatic heterocycles. The number of benzene rings is 2. The predicted octanol–water partition coefficient (Wildman–Crippen LogP) is 5.48. The van der Waals surface area contributed by atoms with E-state index in [-0.39, 0.29) is 48.1 Å². The largest absolute Gasteiger partial charge is 0.463 e. The van der Waals surface area contributed by atoms with Gasteiger partial charge in [0.05, 0.1) is 23.5 Å². The fourth-order valence-electron chi connectivity index (χ4n) is 11.6. The van der Waals surface area contributed by atoms with Crippen molar-refractivity contribution >= 4 is 40.1 Å². The summed E-state index contributed by atoms with van der Waals surface area (Å²) in [6, 6.07) is 14.4. The number of esters is 2. The van der Waals surface area contributed by atoms with Gasteiger partial charge in [-0.15, -0.1) is 0 Å². The number of carbonyl (C=O) groups is 4. The van der Waals surface area contributed by atoms with Crippen LogP contribution in [-0.2, 0) is 40.0 Å². The van der Waals surface area contributed by atoms with Gasteiger partial charge in [-0.3, -0.25) is 29.1 Å². The minimum atomic E-state index is -1.17. The molecule has 310 valence electrons. The topological polar surface area (TPSA) is 168 Å². The second-order valence-corrected chi connectivity index (χ2v) is 18.5. The van der Waals surface area contributed by atoms with Gasteiger partial charge in [0.1, 0.15) is 31.5 Å². The van der Waals surface area contributed by atoms with Crippen LogP contribution in [-0.4, -0.2) is 88.3 Å². The Hall–Kier alpha value is -4.75. The van der Waals surface area contributed by atoms with Gasteiger partial charge in [-0.25, -0.2) is 0 Å². The van der Waals surface area contributed by atoms with Gasteiger partial charge < -0.3 is 29.7 Å². The number of nitrogens with zero attached hydrogens (tertiary/aromatic N) is 2. The van der Waals surface area contributed by atoms with Crippen molar-refractivity contribution in [3.63, 3.8) is 0 Å². The van der Waals surface area contributed by atoms with Gasteiger partial charge >= 0.3 is 11.9 Å². The third kappa shape index (κ3) is 6.91. The lowest BCUT2D eigenvalue weighted by molar-refractivity contribution is -0.170. The van der Waals surface area contributed by atoms with E-state index < -0.39 is 59.1 Å². The Morgan fingerprint density at radius 3 is 2.54 bits per heavy atom. The summed E-state index contributed by atoms with van der Waals surface area (Å²) in [6.07, 6.45) is 11.1. The zero-order valence-corrected chi connectivity index (χ0v) is 34.0. The first-order valence-electron chi connectivity index (χ1n) is 20.9. The highest BCUT2D eigenvalue weighted by atomic mass is 16.6. The number of hydrogen-bond acceptors (Lipinski definition) is 11. The molecule has 0 radical (unpaired) electrons. The number of aliphatic hydroxyl groups excluding tert-OH is 1. The maximum Gasteiger partial charge on any atom is 0.310 e. The minimum absolute atomic E-state index is 0.00466. The van der Waals surface area contributed by atoms with Crippen LogP contribution in [0.4, 0.5) is 5.69 Å². The van der Waals surface area contributed by atoms with Crippen LogP contribution >= 0.6 is 0 Å². The number of allylic oxidation sites excluding steroid dienone is 4. The second-order valence-electron chi connectivity index (χ2n) is 18.5. The summed E-state index contributed by atoms with van der Waals surface area (Å²) in [5.41, 5.74) is 1.20. The molecule has 0 bridgehead atoms. The van der Waals surface area contributed by atoms with Crippen molar-refractivity contribution in [1.29, 1.82) is 0 Å². The first kappa shape index (κ1) is 39.7. The molecular formula is C47H53N3O9. The van der Waals surface area contributed by atoms with Crippen molar-refractivity contribution in [3.8, 4) is 0 Å². The fraction of sp³-hybridized carbons (Fsp3) is 0.511. The van der Waals surface area contributed by atoms with Gasteiger partial charge in [-0.1, -0.05) is 55.8 Å². The molecule has 12 heteroatoms. The standard InChI is InChI=1S/C47H53N3O9/c1-45-16-13-32(51)20-30(45)10-12-33-36-14-17-47(56,46(36,2)22-37(52)39(33)45)41-38(59-41)25-58-44(55)35-21-34(35)43(54)57-24-26-5-7-27(8-6-26)40(50(3)4)42(53)49-31-11-9-29-23-48-18-15-28(29)19-31/h5-9,11,13,15-16,18-20,23,33-41,52,56H,10,12,14,17,21-22,24-25H2,1-4H3,(H,49,53)/t33-,34?,35?,36-,37-,38?,39+,40?,41?,45-,46-,47-/m0/s1. The van der Waals surface area contributed by atoms with Crippen molar-refractivity contribution < 1.29 is 43.6 Å². The average Bonchev–Trinajstić information content (AvgIpc) is 4.14. The molecule has 3 N–H and O–H groups in total. The first-order chi connectivity index (χ1) is 28.2. The average molecular weight is 804 g/mol. The number of aromatic nitrogens is 1. The SMILES string of the molecule is CN(C)C(C(=O)Nc1ccc2cnccc2c1)c1ccc(COC(=O)C2CC2C(=O)OCC2OC2[C@@]2(O)CC[C@H]3[C@@H]4CCC5=CC(=O)C=C[C@]5(C)[C@H]4[C@@H](O)C[C@@]32C)cc1. The molecule has 4 saturated carbocycles. The van der Waals surface area contributed by atoms with Gasteiger partial charge in [0.25, 0.3) is 0 Å². The second kappa shape index (κ2) is 14.8. The van der Waals surface area contributed by atoms with Crippen molar-refractivity contribution in [3.05, 3.63) is 95.9 Å². The molecule has 5 unspecified atom stereocenters. The summed E-state index contributed by atoms with van der Waals surface area (Å²) < 4.78 is 17.3. The number of epoxide rings is 1. The number of hydrogen-bond donors (Lipinski definition) is 3. The number of nitrogens with one attached hydrogen (secondary N) is 1. The first-order valence-corrected chi connectivity index (χ1v) is 20.9. The maximum atomic E-state index is 13.4. The summed E-state index contributed by atoms with van der Waals surface area (Å²) in [5.74, 6) is -1.91. The van der Waals surface area contributed by atoms with Crippen LogP contribution in [0.15, 0.2) is 84.7 Å². The van der Waals surface area contributed by atoms with E-state index in [0.29, 0.717) is 24.9 Å². The molecule has 5 aliphatic carbocycles. The van der Waals surface area contributed by atoms with Gasteiger partial charge in [-0.2, -0.15) is 0 Å². The molecule has 12 atom stereocenters. The summed E-state index contributed by atoms with van der Waals surface area (Å²) in [4.78, 5) is 57.5. The van der Waals surface area contributed by atoms with Crippen LogP contribution in [0.2, 0.25) is 0 Å². The summed E-state index contributed by atoms with van der Waals surface area (Å²) in [5, 5.41) is 29.0. The zero-order chi connectivity index (χ0) is 41.4. The molecule has 6 aliphatic rings. The van der Waals surface area contributed by atoms with Crippen molar-refractivity contribution in [1.82, 2.24) is 9.88 Å². The molecule has 3 aromatic rings. The number of likely N-dealkylation sites (N-methyl/N-ethyl adjacent to an activating group) is 1. The Bertz CT molecular complexity index is 2260. The molecule has 0 spiro atoms. The molecule has 12 nitrogen and oxygen atoms in total. The lowest BCUT2D eigenvalue weighted by Gasteiger charge is -2.59. The zero-order valence-electron chi connectivity index (χ0n) is 34.0. The number of pyridine rings is 1. The van der Waals surface area contributed by atoms with E-state index in [1.807, 2.05) is 73.6 Å². The number of rotatable bonds is 11. The minimum Gasteiger partial charge on any atom is -0.463 e. The Kier molecular flexibility index (Phi) is 9.93. The molecule has 2 aromatic carbocycles. The highest BCUT2D eigenvalue weighted by Gasteiger charge is 2.72. The smallest absolute Gasteiger partial charge is 0.310 e. The molecule has 2 heterocycles. The molecule has 1 saturated heterocycles. The molecule has 5 fully saturated rings.